The van der Waals surface area contributed by atoms with Crippen molar-refractivity contribution < 1.29 is 10.0 Å². The summed E-state index contributed by atoms with van der Waals surface area (Å²) in [5, 5.41) is 14.6. The summed E-state index contributed by atoms with van der Waals surface area (Å²) >= 11 is 0. The molecule has 0 spiro atoms. The van der Waals surface area contributed by atoms with E-state index in [1.54, 1.807) is 0 Å². The number of hydrogen-bond acceptors (Lipinski definition) is 4. The van der Waals surface area contributed by atoms with E-state index in [1.165, 1.54) is 0 Å². The molecule has 0 radical (unpaired) electrons. The first kappa shape index (κ1) is 11.2. The Labute approximate surface area is 94.5 Å². The molecule has 6 heteroatoms. The SMILES string of the molecule is CN1CCC(NC(=O)C2(C(N)=NO)CC2)C1. The lowest BCUT2D eigenvalue weighted by Gasteiger charge is -2.18. The van der Waals surface area contributed by atoms with Crippen LogP contribution in [-0.2, 0) is 4.79 Å². The van der Waals surface area contributed by atoms with Gasteiger partial charge in [0.05, 0.1) is 0 Å². The zero-order chi connectivity index (χ0) is 11.8. The lowest BCUT2D eigenvalue weighted by Crippen LogP contribution is -2.45. The van der Waals surface area contributed by atoms with Gasteiger partial charge in [-0.2, -0.15) is 0 Å². The Morgan fingerprint density at radius 1 is 1.62 bits per heavy atom. The molecular weight excluding hydrogens is 208 g/mol. The molecule has 2 aliphatic rings. The number of nitrogens with zero attached hydrogens (tertiary/aromatic N) is 2. The summed E-state index contributed by atoms with van der Waals surface area (Å²) in [6.45, 7) is 1.87. The molecule has 4 N–H and O–H groups in total. The Morgan fingerprint density at radius 2 is 2.31 bits per heavy atom. The first-order valence-electron chi connectivity index (χ1n) is 5.56. The van der Waals surface area contributed by atoms with E-state index < -0.39 is 5.41 Å². The van der Waals surface area contributed by atoms with Crippen LogP contribution < -0.4 is 11.1 Å². The standard InChI is InChI=1S/C10H18N4O2/c1-14-5-2-7(6-14)12-9(15)10(3-4-10)8(11)13-16/h7,16H,2-6H2,1H3,(H2,11,13)(H,12,15). The highest BCUT2D eigenvalue weighted by atomic mass is 16.4. The van der Waals surface area contributed by atoms with E-state index in [0.717, 1.165) is 19.5 Å². The van der Waals surface area contributed by atoms with E-state index >= 15 is 0 Å². The fraction of sp³-hybridized carbons (Fsp3) is 0.800. The number of oxime groups is 1. The zero-order valence-corrected chi connectivity index (χ0v) is 9.44. The number of likely N-dealkylation sites (tertiary alicyclic amines) is 1. The van der Waals surface area contributed by atoms with Crippen LogP contribution in [0.1, 0.15) is 19.3 Å². The molecular formula is C10H18N4O2. The largest absolute Gasteiger partial charge is 0.409 e. The number of hydrogen-bond donors (Lipinski definition) is 3. The van der Waals surface area contributed by atoms with Crippen molar-refractivity contribution in [2.75, 3.05) is 20.1 Å². The topological polar surface area (TPSA) is 91.0 Å². The quantitative estimate of drug-likeness (QED) is 0.258. The van der Waals surface area contributed by atoms with E-state index in [-0.39, 0.29) is 17.8 Å². The normalized spacial score (nSPS) is 29.1. The molecule has 1 aliphatic carbocycles. The average molecular weight is 226 g/mol. The number of nitrogens with one attached hydrogen (secondary N) is 1. The Morgan fingerprint density at radius 3 is 2.75 bits per heavy atom. The third kappa shape index (κ3) is 1.84. The second-order valence-electron chi connectivity index (χ2n) is 4.79. The first-order chi connectivity index (χ1) is 7.58. The molecule has 0 bridgehead atoms. The number of carbonyl (C=O) groups is 1. The smallest absolute Gasteiger partial charge is 0.234 e. The van der Waals surface area contributed by atoms with Crippen LogP contribution in [0.5, 0.6) is 0 Å². The van der Waals surface area contributed by atoms with E-state index in [9.17, 15) is 4.79 Å². The molecule has 1 heterocycles. The third-order valence-electron chi connectivity index (χ3n) is 3.51. The van der Waals surface area contributed by atoms with Gasteiger partial charge in [-0.15, -0.1) is 0 Å². The van der Waals surface area contributed by atoms with Crippen molar-refractivity contribution in [3.63, 3.8) is 0 Å². The number of carbonyl (C=O) groups excluding carboxylic acids is 1. The molecule has 1 amide bonds. The van der Waals surface area contributed by atoms with E-state index in [1.807, 2.05) is 7.05 Å². The summed E-state index contributed by atoms with van der Waals surface area (Å²) < 4.78 is 0. The van der Waals surface area contributed by atoms with Gasteiger partial charge < -0.3 is 21.2 Å². The molecule has 1 saturated carbocycles. The van der Waals surface area contributed by atoms with Gasteiger partial charge in [-0.25, -0.2) is 0 Å². The molecule has 0 aromatic carbocycles. The van der Waals surface area contributed by atoms with Crippen LogP contribution >= 0.6 is 0 Å². The maximum Gasteiger partial charge on any atom is 0.234 e. The summed E-state index contributed by atoms with van der Waals surface area (Å²) in [7, 11) is 2.03. The average Bonchev–Trinajstić information content (AvgIpc) is 2.98. The molecule has 0 aromatic rings. The molecule has 0 aromatic heterocycles. The van der Waals surface area contributed by atoms with Crippen molar-refractivity contribution in [3.05, 3.63) is 0 Å². The van der Waals surface area contributed by atoms with Crippen LogP contribution in [0.3, 0.4) is 0 Å². The molecule has 1 aliphatic heterocycles. The van der Waals surface area contributed by atoms with Crippen LogP contribution in [0, 0.1) is 5.41 Å². The predicted octanol–water partition coefficient (Wildman–Crippen LogP) is -0.667. The molecule has 2 fully saturated rings. The fourth-order valence-corrected chi connectivity index (χ4v) is 2.20. The van der Waals surface area contributed by atoms with Crippen molar-refractivity contribution in [2.24, 2.45) is 16.3 Å². The van der Waals surface area contributed by atoms with Gasteiger partial charge in [0.15, 0.2) is 5.84 Å². The van der Waals surface area contributed by atoms with Gasteiger partial charge in [-0.05, 0) is 32.9 Å². The summed E-state index contributed by atoms with van der Waals surface area (Å²) in [5.74, 6) is -0.0561. The number of amides is 1. The van der Waals surface area contributed by atoms with Crippen molar-refractivity contribution in [1.29, 1.82) is 0 Å². The summed E-state index contributed by atoms with van der Waals surface area (Å²) in [6.07, 6.45) is 2.32. The highest BCUT2D eigenvalue weighted by molar-refractivity contribution is 6.09. The predicted molar refractivity (Wildman–Crippen MR) is 59.1 cm³/mol. The van der Waals surface area contributed by atoms with Gasteiger partial charge in [0.2, 0.25) is 5.91 Å². The van der Waals surface area contributed by atoms with Crippen molar-refractivity contribution in [3.8, 4) is 0 Å². The second kappa shape index (κ2) is 3.93. The Balaban J connectivity index is 1.94. The minimum atomic E-state index is -0.726. The number of likely N-dealkylation sites (N-methyl/N-ethyl adjacent to an activating group) is 1. The molecule has 1 unspecified atom stereocenters. The summed E-state index contributed by atoms with van der Waals surface area (Å²) in [5.41, 5.74) is 4.82. The zero-order valence-electron chi connectivity index (χ0n) is 9.44. The molecule has 2 rings (SSSR count). The minimum Gasteiger partial charge on any atom is -0.409 e. The van der Waals surface area contributed by atoms with Crippen LogP contribution in [-0.4, -0.2) is 48.0 Å². The van der Waals surface area contributed by atoms with Crippen LogP contribution in [0.2, 0.25) is 0 Å². The van der Waals surface area contributed by atoms with Crippen molar-refractivity contribution in [2.45, 2.75) is 25.3 Å². The van der Waals surface area contributed by atoms with Crippen LogP contribution in [0.25, 0.3) is 0 Å². The van der Waals surface area contributed by atoms with Crippen LogP contribution in [0.15, 0.2) is 5.16 Å². The Hall–Kier alpha value is -1.30. The maximum absolute atomic E-state index is 12.0. The molecule has 16 heavy (non-hydrogen) atoms. The Bertz CT molecular complexity index is 325. The van der Waals surface area contributed by atoms with Gasteiger partial charge in [-0.1, -0.05) is 5.16 Å². The van der Waals surface area contributed by atoms with E-state index in [4.69, 9.17) is 10.9 Å². The molecule has 90 valence electrons. The molecule has 1 saturated heterocycles. The molecule has 6 nitrogen and oxygen atoms in total. The van der Waals surface area contributed by atoms with Crippen LogP contribution in [0.4, 0.5) is 0 Å². The number of rotatable bonds is 3. The third-order valence-corrected chi connectivity index (χ3v) is 3.51. The number of nitrogens with two attached hydrogens (primary N) is 1. The highest BCUT2D eigenvalue weighted by Crippen LogP contribution is 2.46. The maximum atomic E-state index is 12.0. The highest BCUT2D eigenvalue weighted by Gasteiger charge is 2.54. The van der Waals surface area contributed by atoms with Gasteiger partial charge in [0.1, 0.15) is 5.41 Å². The van der Waals surface area contributed by atoms with Gasteiger partial charge in [0.25, 0.3) is 0 Å². The Kier molecular flexibility index (Phi) is 2.75. The van der Waals surface area contributed by atoms with Crippen molar-refractivity contribution >= 4 is 11.7 Å². The van der Waals surface area contributed by atoms with E-state index in [2.05, 4.69) is 15.4 Å². The van der Waals surface area contributed by atoms with Gasteiger partial charge in [-0.3, -0.25) is 4.79 Å². The monoisotopic (exact) mass is 226 g/mol. The lowest BCUT2D eigenvalue weighted by molar-refractivity contribution is -0.124. The molecule has 1 atom stereocenters. The first-order valence-corrected chi connectivity index (χ1v) is 5.56. The lowest BCUT2D eigenvalue weighted by atomic mass is 10.0. The number of amidine groups is 1. The van der Waals surface area contributed by atoms with E-state index in [0.29, 0.717) is 12.8 Å². The van der Waals surface area contributed by atoms with Gasteiger partial charge in [0, 0.05) is 12.6 Å². The minimum absolute atomic E-state index is 0.0383. The summed E-state index contributed by atoms with van der Waals surface area (Å²) in [4.78, 5) is 14.2. The summed E-state index contributed by atoms with van der Waals surface area (Å²) in [6, 6.07) is 0.196. The van der Waals surface area contributed by atoms with Crippen molar-refractivity contribution in [1.82, 2.24) is 10.2 Å². The second-order valence-corrected chi connectivity index (χ2v) is 4.79. The van der Waals surface area contributed by atoms with Gasteiger partial charge >= 0.3 is 0 Å². The fourth-order valence-electron chi connectivity index (χ4n) is 2.20.